The van der Waals surface area contributed by atoms with Gasteiger partial charge in [0.2, 0.25) is 0 Å². The molecule has 0 aliphatic rings. The van der Waals surface area contributed by atoms with Gasteiger partial charge in [-0.05, 0) is 31.5 Å². The molecule has 0 fully saturated rings. The first-order valence-electron chi connectivity index (χ1n) is 7.28. The van der Waals surface area contributed by atoms with E-state index in [4.69, 9.17) is 20.8 Å². The minimum Gasteiger partial charge on any atom is -0.462 e. The molecule has 2 aromatic rings. The van der Waals surface area contributed by atoms with Crippen molar-refractivity contribution < 1.29 is 13.9 Å². The Balaban J connectivity index is 2.32. The SMILES string of the molecule is CCCCCN(C(=O)OCC)c1coc2ccc(Cl)cc12. The Hall–Kier alpha value is -1.68. The number of unbranched alkanes of at least 4 members (excludes halogenated alkanes) is 2. The number of nitrogens with zero attached hydrogens (tertiary/aromatic N) is 1. The van der Waals surface area contributed by atoms with Crippen LogP contribution >= 0.6 is 11.6 Å². The van der Waals surface area contributed by atoms with E-state index >= 15 is 0 Å². The first kappa shape index (κ1) is 15.7. The standard InChI is InChI=1S/C16H20ClNO3/c1-3-5-6-9-18(16(19)20-4-2)14-11-21-15-8-7-12(17)10-13(14)15/h7-8,10-11H,3-6,9H2,1-2H3. The molecule has 0 radical (unpaired) electrons. The smallest absolute Gasteiger partial charge is 0.414 e. The van der Waals surface area contributed by atoms with Crippen LogP contribution in [0.1, 0.15) is 33.1 Å². The maximum Gasteiger partial charge on any atom is 0.414 e. The second-order valence-corrected chi connectivity index (χ2v) is 5.26. The summed E-state index contributed by atoms with van der Waals surface area (Å²) in [5.74, 6) is 0. The second kappa shape index (κ2) is 7.36. The summed E-state index contributed by atoms with van der Waals surface area (Å²) in [6.45, 7) is 4.88. The van der Waals surface area contributed by atoms with Crippen molar-refractivity contribution in [3.05, 3.63) is 29.5 Å². The molecule has 5 heteroatoms. The molecule has 0 bridgehead atoms. The zero-order chi connectivity index (χ0) is 15.2. The van der Waals surface area contributed by atoms with Crippen LogP contribution in [0.3, 0.4) is 0 Å². The van der Waals surface area contributed by atoms with E-state index in [0.29, 0.717) is 29.4 Å². The molecule has 1 heterocycles. The van der Waals surface area contributed by atoms with E-state index in [0.717, 1.165) is 24.6 Å². The molecule has 0 unspecified atom stereocenters. The number of carbonyl (C=O) groups is 1. The molecule has 0 saturated carbocycles. The van der Waals surface area contributed by atoms with E-state index in [1.54, 1.807) is 30.2 Å². The molecule has 1 aromatic heterocycles. The number of furan rings is 1. The largest absolute Gasteiger partial charge is 0.462 e. The Labute approximate surface area is 129 Å². The van der Waals surface area contributed by atoms with Crippen molar-refractivity contribution in [2.45, 2.75) is 33.1 Å². The average Bonchev–Trinajstić information content (AvgIpc) is 2.86. The maximum absolute atomic E-state index is 12.2. The first-order chi connectivity index (χ1) is 10.2. The predicted molar refractivity (Wildman–Crippen MR) is 85.1 cm³/mol. The summed E-state index contributed by atoms with van der Waals surface area (Å²) in [6.07, 6.45) is 4.31. The van der Waals surface area contributed by atoms with E-state index < -0.39 is 0 Å². The van der Waals surface area contributed by atoms with Gasteiger partial charge >= 0.3 is 6.09 Å². The molecule has 1 amide bonds. The summed E-state index contributed by atoms with van der Waals surface area (Å²) in [6, 6.07) is 5.38. The van der Waals surface area contributed by atoms with Crippen LogP contribution in [0, 0.1) is 0 Å². The highest BCUT2D eigenvalue weighted by molar-refractivity contribution is 6.31. The molecule has 2 rings (SSSR count). The van der Waals surface area contributed by atoms with Crippen LogP contribution < -0.4 is 4.90 Å². The fraction of sp³-hybridized carbons (Fsp3) is 0.438. The topological polar surface area (TPSA) is 42.7 Å². The van der Waals surface area contributed by atoms with Crippen molar-refractivity contribution in [3.8, 4) is 0 Å². The van der Waals surface area contributed by atoms with Crippen molar-refractivity contribution in [1.29, 1.82) is 0 Å². The fourth-order valence-corrected chi connectivity index (χ4v) is 2.40. The number of hydrogen-bond donors (Lipinski definition) is 0. The molecule has 4 nitrogen and oxygen atoms in total. The van der Waals surface area contributed by atoms with Gasteiger partial charge < -0.3 is 9.15 Å². The zero-order valence-electron chi connectivity index (χ0n) is 12.4. The van der Waals surface area contributed by atoms with Crippen LogP contribution in [0.15, 0.2) is 28.9 Å². The number of benzene rings is 1. The highest BCUT2D eigenvalue weighted by Crippen LogP contribution is 2.32. The summed E-state index contributed by atoms with van der Waals surface area (Å²) < 4.78 is 10.7. The van der Waals surface area contributed by atoms with E-state index in [1.165, 1.54) is 0 Å². The molecule has 0 spiro atoms. The van der Waals surface area contributed by atoms with Gasteiger partial charge in [0.05, 0.1) is 12.3 Å². The molecule has 0 atom stereocenters. The molecule has 0 N–H and O–H groups in total. The molecule has 1 aromatic carbocycles. The number of anilines is 1. The second-order valence-electron chi connectivity index (χ2n) is 4.82. The highest BCUT2D eigenvalue weighted by Gasteiger charge is 2.21. The monoisotopic (exact) mass is 309 g/mol. The van der Waals surface area contributed by atoms with Gasteiger partial charge in [0.25, 0.3) is 0 Å². The van der Waals surface area contributed by atoms with Crippen molar-refractivity contribution >= 4 is 34.4 Å². The molecule has 0 aliphatic carbocycles. The van der Waals surface area contributed by atoms with Gasteiger partial charge in [-0.2, -0.15) is 0 Å². The van der Waals surface area contributed by atoms with Crippen LogP contribution in [0.5, 0.6) is 0 Å². The molecule has 21 heavy (non-hydrogen) atoms. The Morgan fingerprint density at radius 1 is 1.33 bits per heavy atom. The molecule has 114 valence electrons. The molecule has 0 aliphatic heterocycles. The highest BCUT2D eigenvalue weighted by atomic mass is 35.5. The quantitative estimate of drug-likeness (QED) is 0.685. The van der Waals surface area contributed by atoms with Crippen LogP contribution in [0.2, 0.25) is 5.02 Å². The van der Waals surface area contributed by atoms with E-state index in [2.05, 4.69) is 6.92 Å². The lowest BCUT2D eigenvalue weighted by Gasteiger charge is -2.20. The zero-order valence-corrected chi connectivity index (χ0v) is 13.2. The van der Waals surface area contributed by atoms with Crippen LogP contribution in [-0.2, 0) is 4.74 Å². The van der Waals surface area contributed by atoms with E-state index in [1.807, 2.05) is 6.07 Å². The Bertz CT molecular complexity index is 609. The molecule has 0 saturated heterocycles. The van der Waals surface area contributed by atoms with Gasteiger partial charge in [-0.15, -0.1) is 0 Å². The third kappa shape index (κ3) is 3.70. The van der Waals surface area contributed by atoms with Crippen molar-refractivity contribution in [3.63, 3.8) is 0 Å². The maximum atomic E-state index is 12.2. The van der Waals surface area contributed by atoms with Crippen LogP contribution in [0.25, 0.3) is 11.0 Å². The van der Waals surface area contributed by atoms with Gasteiger partial charge in [-0.25, -0.2) is 4.79 Å². The number of ether oxygens (including phenoxy) is 1. The normalized spacial score (nSPS) is 10.8. The fourth-order valence-electron chi connectivity index (χ4n) is 2.23. The van der Waals surface area contributed by atoms with Gasteiger partial charge in [0, 0.05) is 17.0 Å². The Kier molecular flexibility index (Phi) is 5.51. The summed E-state index contributed by atoms with van der Waals surface area (Å²) in [4.78, 5) is 13.8. The predicted octanol–water partition coefficient (Wildman–Crippen LogP) is 5.24. The molecular weight excluding hydrogens is 290 g/mol. The summed E-state index contributed by atoms with van der Waals surface area (Å²) in [7, 11) is 0. The van der Waals surface area contributed by atoms with E-state index in [9.17, 15) is 4.79 Å². The van der Waals surface area contributed by atoms with Gasteiger partial charge in [0.15, 0.2) is 0 Å². The Morgan fingerprint density at radius 3 is 2.86 bits per heavy atom. The number of halogens is 1. The van der Waals surface area contributed by atoms with Gasteiger partial charge in [-0.3, -0.25) is 4.90 Å². The number of hydrogen-bond acceptors (Lipinski definition) is 3. The third-order valence-electron chi connectivity index (χ3n) is 3.28. The molecular formula is C16H20ClNO3. The first-order valence-corrected chi connectivity index (χ1v) is 7.66. The van der Waals surface area contributed by atoms with Gasteiger partial charge in [0.1, 0.15) is 11.8 Å². The summed E-state index contributed by atoms with van der Waals surface area (Å²) in [5.41, 5.74) is 1.42. The van der Waals surface area contributed by atoms with E-state index in [-0.39, 0.29) is 6.09 Å². The van der Waals surface area contributed by atoms with Crippen molar-refractivity contribution in [2.75, 3.05) is 18.1 Å². The minimum atomic E-state index is -0.351. The Morgan fingerprint density at radius 2 is 2.14 bits per heavy atom. The van der Waals surface area contributed by atoms with Crippen molar-refractivity contribution in [2.24, 2.45) is 0 Å². The van der Waals surface area contributed by atoms with Crippen molar-refractivity contribution in [1.82, 2.24) is 0 Å². The van der Waals surface area contributed by atoms with Gasteiger partial charge in [-0.1, -0.05) is 31.4 Å². The van der Waals surface area contributed by atoms with Crippen LogP contribution in [0.4, 0.5) is 10.5 Å². The number of rotatable bonds is 6. The summed E-state index contributed by atoms with van der Waals surface area (Å²) >= 11 is 6.04. The number of carbonyl (C=O) groups excluding carboxylic acids is 1. The minimum absolute atomic E-state index is 0.347. The lowest BCUT2D eigenvalue weighted by Crippen LogP contribution is -2.32. The third-order valence-corrected chi connectivity index (χ3v) is 3.51. The lowest BCUT2D eigenvalue weighted by atomic mass is 10.2. The summed E-state index contributed by atoms with van der Waals surface area (Å²) in [5, 5.41) is 1.44. The average molecular weight is 310 g/mol. The lowest BCUT2D eigenvalue weighted by molar-refractivity contribution is 0.159. The number of amides is 1. The number of fused-ring (bicyclic) bond motifs is 1. The van der Waals surface area contributed by atoms with Crippen LogP contribution in [-0.4, -0.2) is 19.2 Å².